The lowest BCUT2D eigenvalue weighted by atomic mass is 9.99. The van der Waals surface area contributed by atoms with E-state index in [1.54, 1.807) is 18.2 Å². The van der Waals surface area contributed by atoms with Crippen LogP contribution in [0.2, 0.25) is 0 Å². The zero-order valence-corrected chi connectivity index (χ0v) is 41.6. The lowest BCUT2D eigenvalue weighted by molar-refractivity contribution is -0.161. The molecule has 0 aromatic heterocycles. The molecule has 0 aromatic rings. The molecule has 0 rings (SSSR count). The zero-order valence-electron chi connectivity index (χ0n) is 39.8. The smallest absolute Gasteiger partial charge is 0.462 e. The molecule has 0 aliphatic rings. The van der Waals surface area contributed by atoms with Gasteiger partial charge in [-0.3, -0.25) is 23.2 Å². The van der Waals surface area contributed by atoms with E-state index in [1.165, 1.54) is 70.6 Å². The third kappa shape index (κ3) is 46.4. The molecule has 65 heavy (non-hydrogen) atoms. The fourth-order valence-corrected chi connectivity index (χ4v) is 7.35. The Morgan fingerprint density at radius 2 is 1.02 bits per heavy atom. The highest BCUT2D eigenvalue weighted by atomic mass is 31.2. The summed E-state index contributed by atoms with van der Waals surface area (Å²) in [6, 6.07) is 0. The third-order valence-corrected chi connectivity index (χ3v) is 11.7. The van der Waals surface area contributed by atoms with E-state index in [0.29, 0.717) is 6.42 Å². The lowest BCUT2D eigenvalue weighted by Crippen LogP contribution is -2.30. The molecule has 0 aliphatic heterocycles. The van der Waals surface area contributed by atoms with Crippen molar-refractivity contribution in [1.82, 2.24) is 0 Å². The fraction of sp³-hybridized carbons (Fsp3) is 0.714. The molecular formula is C49H86O14P2. The highest BCUT2D eigenvalue weighted by Crippen LogP contribution is 2.43. The Morgan fingerprint density at radius 3 is 1.54 bits per heavy atom. The summed E-state index contributed by atoms with van der Waals surface area (Å²) in [7, 11) is -9.76. The third-order valence-electron chi connectivity index (χ3n) is 10.3. The molecule has 0 heterocycles. The van der Waals surface area contributed by atoms with Crippen molar-refractivity contribution in [3.05, 3.63) is 72.9 Å². The largest absolute Gasteiger partial charge is 0.472 e. The second-order valence-electron chi connectivity index (χ2n) is 16.5. The average molecular weight is 961 g/mol. The number of ether oxygens (including phenoxy) is 2. The summed E-state index contributed by atoms with van der Waals surface area (Å²) in [4.78, 5) is 52.9. The summed E-state index contributed by atoms with van der Waals surface area (Å²) in [5, 5.41) is 20.1. The second kappa shape index (κ2) is 42.8. The number of unbranched alkanes of at least 4 members (excludes halogenated alkanes) is 13. The molecule has 0 radical (unpaired) electrons. The van der Waals surface area contributed by atoms with Crippen molar-refractivity contribution >= 4 is 27.6 Å². The molecule has 0 aliphatic carbocycles. The van der Waals surface area contributed by atoms with Crippen LogP contribution in [0, 0.1) is 5.92 Å². The van der Waals surface area contributed by atoms with Crippen molar-refractivity contribution in [2.75, 3.05) is 26.4 Å². The van der Waals surface area contributed by atoms with Crippen molar-refractivity contribution in [1.29, 1.82) is 0 Å². The number of carbonyl (C=O) groups is 2. The van der Waals surface area contributed by atoms with Gasteiger partial charge in [-0.25, -0.2) is 9.13 Å². The molecule has 16 heteroatoms. The zero-order chi connectivity index (χ0) is 48.3. The first-order valence-corrected chi connectivity index (χ1v) is 27.2. The number of phosphoric acid groups is 2. The second-order valence-corrected chi connectivity index (χ2v) is 19.1. The van der Waals surface area contributed by atoms with E-state index in [1.807, 2.05) is 6.08 Å². The Balaban J connectivity index is 4.67. The summed E-state index contributed by atoms with van der Waals surface area (Å²) >= 11 is 0. The molecule has 14 nitrogen and oxygen atoms in total. The molecule has 376 valence electrons. The van der Waals surface area contributed by atoms with E-state index in [-0.39, 0.29) is 19.3 Å². The molecule has 0 bridgehead atoms. The van der Waals surface area contributed by atoms with E-state index >= 15 is 0 Å². The summed E-state index contributed by atoms with van der Waals surface area (Å²) < 4.78 is 47.7. The fourth-order valence-electron chi connectivity index (χ4n) is 6.20. The first-order valence-electron chi connectivity index (χ1n) is 24.1. The van der Waals surface area contributed by atoms with Crippen LogP contribution in [0.1, 0.15) is 175 Å². The van der Waals surface area contributed by atoms with Crippen molar-refractivity contribution in [3.63, 3.8) is 0 Å². The van der Waals surface area contributed by atoms with Gasteiger partial charge < -0.3 is 34.4 Å². The first-order chi connectivity index (χ1) is 31.2. The van der Waals surface area contributed by atoms with Crippen LogP contribution in [0.15, 0.2) is 72.9 Å². The predicted octanol–water partition coefficient (Wildman–Crippen LogP) is 11.8. The van der Waals surface area contributed by atoms with E-state index < -0.39 is 72.3 Å². The number of rotatable bonds is 44. The van der Waals surface area contributed by atoms with Gasteiger partial charge in [0.2, 0.25) is 0 Å². The standard InChI is InChI=1S/C49H86O14P2/c1-4-6-7-8-9-10-11-12-13-14-18-21-24-27-30-33-36-45(50)38-39-48(52)59-42-47(43-62-65(57,58)61-41-46(51)40-60-64(54,55)56)63-49(53)37-34-31-28-25-22-19-16-15-17-20-23-26-29-32-35-44(3)5-2/h6-7,9-10,12-13,18,21,27,30,33,36,44-47,50-51H,4-5,8,11,14-17,19-20,22-26,28-29,31-32,34-35,37-43H2,1-3H3,(H,57,58)(H2,54,55,56)/b7-6-,10-9-,13-12-,21-18-,30-27-,36-33-/t44?,45?,46-,47+/m0/s1. The summed E-state index contributed by atoms with van der Waals surface area (Å²) in [6.07, 6.45) is 43.6. The van der Waals surface area contributed by atoms with E-state index in [2.05, 4.69) is 78.4 Å². The number of phosphoric ester groups is 2. The summed E-state index contributed by atoms with van der Waals surface area (Å²) in [5.41, 5.74) is 0. The number of hydrogen-bond donors (Lipinski definition) is 5. The van der Waals surface area contributed by atoms with Gasteiger partial charge in [-0.15, -0.1) is 0 Å². The van der Waals surface area contributed by atoms with Gasteiger partial charge in [0.05, 0.1) is 25.9 Å². The Morgan fingerprint density at radius 1 is 0.538 bits per heavy atom. The van der Waals surface area contributed by atoms with Crippen molar-refractivity contribution in [2.45, 2.75) is 193 Å². The van der Waals surface area contributed by atoms with Crippen LogP contribution in [-0.2, 0) is 41.8 Å². The molecule has 3 unspecified atom stereocenters. The topological polar surface area (TPSA) is 216 Å². The van der Waals surface area contributed by atoms with Crippen LogP contribution >= 0.6 is 15.6 Å². The molecule has 5 atom stereocenters. The lowest BCUT2D eigenvalue weighted by Gasteiger charge is -2.20. The van der Waals surface area contributed by atoms with Crippen molar-refractivity contribution in [3.8, 4) is 0 Å². The normalized spacial score (nSPS) is 15.5. The van der Waals surface area contributed by atoms with Gasteiger partial charge in [-0.1, -0.05) is 190 Å². The minimum Gasteiger partial charge on any atom is -0.462 e. The van der Waals surface area contributed by atoms with Gasteiger partial charge in [0.15, 0.2) is 6.10 Å². The van der Waals surface area contributed by atoms with E-state index in [9.17, 15) is 33.8 Å². The van der Waals surface area contributed by atoms with Crippen LogP contribution in [0.25, 0.3) is 0 Å². The van der Waals surface area contributed by atoms with Gasteiger partial charge in [-0.05, 0) is 50.9 Å². The number of aliphatic hydroxyl groups is 2. The molecule has 0 spiro atoms. The molecule has 5 N–H and O–H groups in total. The maximum atomic E-state index is 12.7. The Kier molecular flexibility index (Phi) is 41.2. The Bertz CT molecular complexity index is 1450. The minimum atomic E-state index is -4.89. The number of allylic oxidation sites excluding steroid dienone is 11. The first kappa shape index (κ1) is 62.5. The van der Waals surface area contributed by atoms with Gasteiger partial charge >= 0.3 is 27.6 Å². The van der Waals surface area contributed by atoms with Crippen LogP contribution in [0.5, 0.6) is 0 Å². The minimum absolute atomic E-state index is 0.0631. The molecule has 0 aromatic carbocycles. The number of carbonyl (C=O) groups excluding carboxylic acids is 2. The van der Waals surface area contributed by atoms with Gasteiger partial charge in [0.1, 0.15) is 12.7 Å². The number of aliphatic hydroxyl groups excluding tert-OH is 2. The molecule has 0 saturated carbocycles. The van der Waals surface area contributed by atoms with E-state index in [0.717, 1.165) is 63.7 Å². The van der Waals surface area contributed by atoms with Gasteiger partial charge in [0.25, 0.3) is 0 Å². The van der Waals surface area contributed by atoms with Crippen LogP contribution in [-0.4, -0.2) is 81.6 Å². The van der Waals surface area contributed by atoms with E-state index in [4.69, 9.17) is 23.8 Å². The highest BCUT2D eigenvalue weighted by molar-refractivity contribution is 7.47. The summed E-state index contributed by atoms with van der Waals surface area (Å²) in [5.74, 6) is -0.464. The van der Waals surface area contributed by atoms with Crippen molar-refractivity contribution in [2.24, 2.45) is 5.92 Å². The molecular weight excluding hydrogens is 874 g/mol. The van der Waals surface area contributed by atoms with Gasteiger partial charge in [-0.2, -0.15) is 0 Å². The number of hydrogen-bond acceptors (Lipinski definition) is 11. The SMILES string of the molecule is CC/C=C\C/C=C\C/C=C\C/C=C\C/C=C\C=C/C(O)CCC(=O)OC[C@H](COP(=O)(O)OC[C@@H](O)COP(=O)(O)O)OC(=O)CCCCCCCCCCCCCCCCC(C)CC. The summed E-state index contributed by atoms with van der Waals surface area (Å²) in [6.45, 7) is 3.75. The molecule has 0 saturated heterocycles. The predicted molar refractivity (Wildman–Crippen MR) is 259 cm³/mol. The average Bonchev–Trinajstić information content (AvgIpc) is 3.27. The maximum absolute atomic E-state index is 12.7. The number of esters is 2. The van der Waals surface area contributed by atoms with Crippen molar-refractivity contribution < 1.29 is 66.7 Å². The molecule has 0 amide bonds. The van der Waals surface area contributed by atoms with Crippen LogP contribution < -0.4 is 0 Å². The molecule has 0 fully saturated rings. The Labute approximate surface area is 391 Å². The maximum Gasteiger partial charge on any atom is 0.472 e. The monoisotopic (exact) mass is 961 g/mol. The quantitative estimate of drug-likeness (QED) is 0.0126. The van der Waals surface area contributed by atoms with Gasteiger partial charge in [0, 0.05) is 12.8 Å². The van der Waals surface area contributed by atoms with Crippen LogP contribution in [0.4, 0.5) is 0 Å². The van der Waals surface area contributed by atoms with Crippen LogP contribution in [0.3, 0.4) is 0 Å². The highest BCUT2D eigenvalue weighted by Gasteiger charge is 2.28. The Hall–Kier alpha value is -2.48.